The van der Waals surface area contributed by atoms with Crippen LogP contribution < -0.4 is 11.1 Å². The number of carbonyl (C=O) groups excluding carboxylic acids is 1. The van der Waals surface area contributed by atoms with Crippen molar-refractivity contribution in [1.82, 2.24) is 0 Å². The largest absolute Gasteiger partial charge is 0.393 e. The highest BCUT2D eigenvalue weighted by Gasteiger charge is 2.05. The van der Waals surface area contributed by atoms with Gasteiger partial charge in [-0.15, -0.1) is 0 Å². The molecular formula is C9H9IN2OS. The fraction of sp³-hybridized carbons (Fsp3) is 0.111. The standard InChI is InChI=1S/C9H9IN2OS/c10-6-3-1-2-4-7(6)12-9(13)5-8(11)14/h1-4H,5H2,(H2,11,14)(H,12,13). The number of nitrogens with two attached hydrogens (primary N) is 1. The van der Waals surface area contributed by atoms with Crippen molar-refractivity contribution in [2.45, 2.75) is 6.42 Å². The molecule has 0 aromatic heterocycles. The molecule has 1 rings (SSSR count). The van der Waals surface area contributed by atoms with Gasteiger partial charge in [-0.25, -0.2) is 0 Å². The molecule has 3 nitrogen and oxygen atoms in total. The lowest BCUT2D eigenvalue weighted by Crippen LogP contribution is -2.20. The van der Waals surface area contributed by atoms with Gasteiger partial charge in [-0.2, -0.15) is 0 Å². The normalized spacial score (nSPS) is 9.50. The van der Waals surface area contributed by atoms with Crippen molar-refractivity contribution in [2.24, 2.45) is 5.73 Å². The van der Waals surface area contributed by atoms with Crippen LogP contribution in [0.3, 0.4) is 0 Å². The number of halogens is 1. The minimum Gasteiger partial charge on any atom is -0.393 e. The number of rotatable bonds is 3. The van der Waals surface area contributed by atoms with Gasteiger partial charge >= 0.3 is 0 Å². The molecule has 5 heteroatoms. The lowest BCUT2D eigenvalue weighted by Gasteiger charge is -2.05. The summed E-state index contributed by atoms with van der Waals surface area (Å²) in [5.74, 6) is -0.179. The van der Waals surface area contributed by atoms with E-state index in [1.54, 1.807) is 0 Å². The average molecular weight is 320 g/mol. The molecule has 0 unspecified atom stereocenters. The molecule has 0 saturated carbocycles. The van der Waals surface area contributed by atoms with Gasteiger partial charge < -0.3 is 11.1 Å². The second kappa shape index (κ2) is 5.26. The molecule has 0 atom stereocenters. The Hall–Kier alpha value is -0.690. The molecule has 74 valence electrons. The van der Waals surface area contributed by atoms with Gasteiger partial charge in [0, 0.05) is 3.57 Å². The molecule has 14 heavy (non-hydrogen) atoms. The summed E-state index contributed by atoms with van der Waals surface area (Å²) in [7, 11) is 0. The molecule has 0 aliphatic heterocycles. The summed E-state index contributed by atoms with van der Waals surface area (Å²) in [4.78, 5) is 11.5. The van der Waals surface area contributed by atoms with E-state index in [2.05, 4.69) is 40.1 Å². The van der Waals surface area contributed by atoms with Gasteiger partial charge in [0.15, 0.2) is 0 Å². The minimum absolute atomic E-state index is 0.0836. The van der Waals surface area contributed by atoms with E-state index in [0.29, 0.717) is 0 Å². The second-order valence-corrected chi connectivity index (χ2v) is 4.36. The maximum absolute atomic E-state index is 11.3. The molecule has 0 heterocycles. The highest BCUT2D eigenvalue weighted by Crippen LogP contribution is 2.16. The third kappa shape index (κ3) is 3.59. The van der Waals surface area contributed by atoms with Gasteiger partial charge in [-0.05, 0) is 34.7 Å². The molecule has 0 bridgehead atoms. The molecular weight excluding hydrogens is 311 g/mol. The number of hydrogen-bond acceptors (Lipinski definition) is 2. The summed E-state index contributed by atoms with van der Waals surface area (Å²) in [5, 5.41) is 2.73. The molecule has 0 aliphatic carbocycles. The zero-order valence-corrected chi connectivity index (χ0v) is 10.3. The van der Waals surface area contributed by atoms with E-state index in [1.807, 2.05) is 24.3 Å². The predicted octanol–water partition coefficient (Wildman–Crippen LogP) is 1.91. The Morgan fingerprint density at radius 2 is 2.14 bits per heavy atom. The van der Waals surface area contributed by atoms with E-state index in [0.717, 1.165) is 9.26 Å². The van der Waals surface area contributed by atoms with Crippen molar-refractivity contribution in [3.63, 3.8) is 0 Å². The molecule has 0 radical (unpaired) electrons. The molecule has 0 spiro atoms. The Bertz CT molecular complexity index is 368. The maximum Gasteiger partial charge on any atom is 0.231 e. The van der Waals surface area contributed by atoms with Gasteiger partial charge in [0.05, 0.1) is 17.1 Å². The Labute approximate surface area is 101 Å². The Kier molecular flexibility index (Phi) is 4.27. The summed E-state index contributed by atoms with van der Waals surface area (Å²) in [5.41, 5.74) is 6.04. The lowest BCUT2D eigenvalue weighted by molar-refractivity contribution is -0.115. The predicted molar refractivity (Wildman–Crippen MR) is 69.2 cm³/mol. The number of hydrogen-bond donors (Lipinski definition) is 2. The molecule has 0 aliphatic rings. The van der Waals surface area contributed by atoms with Crippen molar-refractivity contribution in [2.75, 3.05) is 5.32 Å². The van der Waals surface area contributed by atoms with Crippen LogP contribution in [-0.2, 0) is 4.79 Å². The topological polar surface area (TPSA) is 55.1 Å². The first-order valence-electron chi connectivity index (χ1n) is 3.92. The fourth-order valence-corrected chi connectivity index (χ4v) is 1.57. The van der Waals surface area contributed by atoms with Gasteiger partial charge in [0.1, 0.15) is 0 Å². The first-order valence-corrected chi connectivity index (χ1v) is 5.41. The van der Waals surface area contributed by atoms with Crippen LogP contribution >= 0.6 is 34.8 Å². The fourth-order valence-electron chi connectivity index (χ4n) is 0.915. The summed E-state index contributed by atoms with van der Waals surface area (Å²) >= 11 is 6.78. The highest BCUT2D eigenvalue weighted by atomic mass is 127. The zero-order chi connectivity index (χ0) is 10.6. The van der Waals surface area contributed by atoms with Crippen molar-refractivity contribution in [1.29, 1.82) is 0 Å². The second-order valence-electron chi connectivity index (χ2n) is 2.67. The van der Waals surface area contributed by atoms with Gasteiger partial charge in [-0.3, -0.25) is 4.79 Å². The average Bonchev–Trinajstić information content (AvgIpc) is 2.07. The number of carbonyl (C=O) groups is 1. The Morgan fingerprint density at radius 1 is 1.50 bits per heavy atom. The van der Waals surface area contributed by atoms with Crippen molar-refractivity contribution < 1.29 is 4.79 Å². The lowest BCUT2D eigenvalue weighted by atomic mass is 10.3. The van der Waals surface area contributed by atoms with Crippen LogP contribution in [0.4, 0.5) is 5.69 Å². The first kappa shape index (κ1) is 11.4. The molecule has 0 saturated heterocycles. The van der Waals surface area contributed by atoms with E-state index < -0.39 is 0 Å². The minimum atomic E-state index is -0.179. The zero-order valence-electron chi connectivity index (χ0n) is 7.29. The van der Waals surface area contributed by atoms with Crippen molar-refractivity contribution in [3.05, 3.63) is 27.8 Å². The van der Waals surface area contributed by atoms with Crippen LogP contribution in [0.2, 0.25) is 0 Å². The molecule has 1 amide bonds. The van der Waals surface area contributed by atoms with E-state index in [1.165, 1.54) is 0 Å². The first-order chi connectivity index (χ1) is 6.59. The molecule has 1 aromatic rings. The highest BCUT2D eigenvalue weighted by molar-refractivity contribution is 14.1. The number of amides is 1. The number of anilines is 1. The Balaban J connectivity index is 2.65. The summed E-state index contributed by atoms with van der Waals surface area (Å²) in [6.07, 6.45) is 0.0836. The monoisotopic (exact) mass is 320 g/mol. The van der Waals surface area contributed by atoms with Crippen LogP contribution in [0.5, 0.6) is 0 Å². The van der Waals surface area contributed by atoms with Crippen LogP contribution in [0, 0.1) is 3.57 Å². The molecule has 0 fully saturated rings. The quantitative estimate of drug-likeness (QED) is 0.661. The van der Waals surface area contributed by atoms with Crippen LogP contribution in [0.1, 0.15) is 6.42 Å². The van der Waals surface area contributed by atoms with Crippen LogP contribution in [0.15, 0.2) is 24.3 Å². The summed E-state index contributed by atoms with van der Waals surface area (Å²) in [6.45, 7) is 0. The summed E-state index contributed by atoms with van der Waals surface area (Å²) in [6, 6.07) is 7.51. The van der Waals surface area contributed by atoms with Gasteiger partial charge in [-0.1, -0.05) is 24.4 Å². The van der Waals surface area contributed by atoms with Crippen LogP contribution in [0.25, 0.3) is 0 Å². The van der Waals surface area contributed by atoms with E-state index >= 15 is 0 Å². The smallest absolute Gasteiger partial charge is 0.231 e. The van der Waals surface area contributed by atoms with E-state index in [-0.39, 0.29) is 17.3 Å². The molecule has 3 N–H and O–H groups in total. The van der Waals surface area contributed by atoms with Crippen molar-refractivity contribution >= 4 is 51.4 Å². The van der Waals surface area contributed by atoms with Gasteiger partial charge in [0.2, 0.25) is 5.91 Å². The Morgan fingerprint density at radius 3 is 2.71 bits per heavy atom. The number of nitrogens with one attached hydrogen (secondary N) is 1. The third-order valence-electron chi connectivity index (χ3n) is 1.48. The number of benzene rings is 1. The SMILES string of the molecule is NC(=S)CC(=O)Nc1ccccc1I. The maximum atomic E-state index is 11.3. The van der Waals surface area contributed by atoms with Crippen LogP contribution in [-0.4, -0.2) is 10.9 Å². The number of para-hydroxylation sites is 1. The van der Waals surface area contributed by atoms with E-state index in [4.69, 9.17) is 5.73 Å². The third-order valence-corrected chi connectivity index (χ3v) is 2.57. The number of thiocarbonyl (C=S) groups is 1. The summed E-state index contributed by atoms with van der Waals surface area (Å²) < 4.78 is 0.987. The van der Waals surface area contributed by atoms with E-state index in [9.17, 15) is 4.79 Å². The van der Waals surface area contributed by atoms with Crippen molar-refractivity contribution in [3.8, 4) is 0 Å². The van der Waals surface area contributed by atoms with Gasteiger partial charge in [0.25, 0.3) is 0 Å². The molecule has 1 aromatic carbocycles.